The van der Waals surface area contributed by atoms with Crippen molar-refractivity contribution in [3.63, 3.8) is 0 Å². The lowest BCUT2D eigenvalue weighted by molar-refractivity contribution is -0.122. The average Bonchev–Trinajstić information content (AvgIpc) is 3.56. The molecule has 36 heavy (non-hydrogen) atoms. The molecular formula is C26H28FN7OS. The molecule has 3 aliphatic rings. The molecule has 186 valence electrons. The van der Waals surface area contributed by atoms with Gasteiger partial charge in [-0.3, -0.25) is 9.69 Å². The quantitative estimate of drug-likeness (QED) is 0.437. The number of hydrogen-bond acceptors (Lipinski definition) is 8. The molecule has 2 aliphatic carbocycles. The van der Waals surface area contributed by atoms with Gasteiger partial charge in [-0.05, 0) is 54.9 Å². The number of anilines is 4. The lowest BCUT2D eigenvalue weighted by Gasteiger charge is -2.36. The Morgan fingerprint density at radius 1 is 1.22 bits per heavy atom. The summed E-state index contributed by atoms with van der Waals surface area (Å²) in [6, 6.07) is 6.85. The fraction of sp³-hybridized carbons (Fsp3) is 0.346. The number of nitrogens with one attached hydrogen (secondary N) is 2. The molecule has 2 bridgehead atoms. The molecular weight excluding hydrogens is 477 g/mol. The molecule has 2 fully saturated rings. The van der Waals surface area contributed by atoms with Crippen molar-refractivity contribution in [2.24, 2.45) is 23.5 Å². The van der Waals surface area contributed by atoms with Gasteiger partial charge in [-0.2, -0.15) is 4.98 Å². The van der Waals surface area contributed by atoms with Crippen molar-refractivity contribution in [2.45, 2.75) is 12.5 Å². The third kappa shape index (κ3) is 4.00. The van der Waals surface area contributed by atoms with Gasteiger partial charge in [0.25, 0.3) is 0 Å². The van der Waals surface area contributed by atoms with Crippen molar-refractivity contribution in [3.8, 4) is 0 Å². The summed E-state index contributed by atoms with van der Waals surface area (Å²) in [4.78, 5) is 25.6. The predicted molar refractivity (Wildman–Crippen MR) is 142 cm³/mol. The predicted octanol–water partition coefficient (Wildman–Crippen LogP) is 3.93. The highest BCUT2D eigenvalue weighted by atomic mass is 32.1. The SMILES string of the molecule is C=C1CN(C)CCN1c1ccc(Nc2nc(N[C@@H]3C4C=CC(C4)[C@@H]3C(N)=O)c3sccc3n2)cc1F. The third-order valence-electron chi connectivity index (χ3n) is 7.43. The van der Waals surface area contributed by atoms with Gasteiger partial charge < -0.3 is 21.3 Å². The van der Waals surface area contributed by atoms with Crippen LogP contribution in [0.5, 0.6) is 0 Å². The van der Waals surface area contributed by atoms with Gasteiger partial charge in [-0.25, -0.2) is 9.37 Å². The van der Waals surface area contributed by atoms with Gasteiger partial charge in [0.05, 0.1) is 21.8 Å². The number of amides is 1. The summed E-state index contributed by atoms with van der Waals surface area (Å²) in [7, 11) is 2.03. The summed E-state index contributed by atoms with van der Waals surface area (Å²) >= 11 is 1.54. The summed E-state index contributed by atoms with van der Waals surface area (Å²) in [5.41, 5.74) is 8.46. The third-order valence-corrected chi connectivity index (χ3v) is 8.34. The van der Waals surface area contributed by atoms with Crippen LogP contribution in [-0.4, -0.2) is 53.5 Å². The number of carbonyl (C=O) groups is 1. The van der Waals surface area contributed by atoms with Crippen LogP contribution < -0.4 is 21.3 Å². The molecule has 1 saturated carbocycles. The smallest absolute Gasteiger partial charge is 0.229 e. The van der Waals surface area contributed by atoms with Gasteiger partial charge in [-0.15, -0.1) is 11.3 Å². The Labute approximate surface area is 212 Å². The minimum Gasteiger partial charge on any atom is -0.369 e. The molecule has 8 nitrogen and oxygen atoms in total. The van der Waals surface area contributed by atoms with Crippen LogP contribution in [0.1, 0.15) is 6.42 Å². The van der Waals surface area contributed by atoms with E-state index < -0.39 is 0 Å². The molecule has 1 saturated heterocycles. The Balaban J connectivity index is 1.26. The van der Waals surface area contributed by atoms with Crippen LogP contribution in [0, 0.1) is 23.6 Å². The highest BCUT2D eigenvalue weighted by molar-refractivity contribution is 7.17. The summed E-state index contributed by atoms with van der Waals surface area (Å²) in [5.74, 6) is 0.513. The second-order valence-corrected chi connectivity index (χ2v) is 10.7. The minimum atomic E-state index is -0.335. The van der Waals surface area contributed by atoms with E-state index in [1.807, 2.05) is 29.5 Å². The number of rotatable bonds is 6. The monoisotopic (exact) mass is 505 g/mol. The Morgan fingerprint density at radius 2 is 2.06 bits per heavy atom. The number of fused-ring (bicyclic) bond motifs is 3. The van der Waals surface area contributed by atoms with Crippen LogP contribution in [0.3, 0.4) is 0 Å². The van der Waals surface area contributed by atoms with Crippen molar-refractivity contribution in [2.75, 3.05) is 42.2 Å². The lowest BCUT2D eigenvalue weighted by atomic mass is 9.88. The van der Waals surface area contributed by atoms with E-state index in [9.17, 15) is 4.79 Å². The first kappa shape index (κ1) is 22.9. The maximum atomic E-state index is 15.1. The number of benzene rings is 1. The Kier molecular flexibility index (Phi) is 5.65. The van der Waals surface area contributed by atoms with E-state index >= 15 is 4.39 Å². The van der Waals surface area contributed by atoms with Gasteiger partial charge in [0, 0.05) is 37.1 Å². The normalized spacial score (nSPS) is 25.6. The summed E-state index contributed by atoms with van der Waals surface area (Å²) in [6.07, 6.45) is 5.18. The summed E-state index contributed by atoms with van der Waals surface area (Å²) < 4.78 is 16.0. The van der Waals surface area contributed by atoms with Crippen molar-refractivity contribution in [3.05, 3.63) is 59.9 Å². The molecule has 1 aliphatic heterocycles. The first-order valence-electron chi connectivity index (χ1n) is 12.1. The zero-order valence-corrected chi connectivity index (χ0v) is 20.8. The van der Waals surface area contributed by atoms with Crippen molar-refractivity contribution in [1.29, 1.82) is 0 Å². The second kappa shape index (κ2) is 8.86. The molecule has 10 heteroatoms. The maximum absolute atomic E-state index is 15.1. The molecule has 3 heterocycles. The number of piperazine rings is 1. The van der Waals surface area contributed by atoms with Crippen LogP contribution in [0.25, 0.3) is 10.2 Å². The molecule has 3 aromatic rings. The van der Waals surface area contributed by atoms with Crippen LogP contribution in [0.15, 0.2) is 54.1 Å². The fourth-order valence-corrected chi connectivity index (χ4v) is 6.49. The molecule has 1 amide bonds. The number of likely N-dealkylation sites (N-methyl/N-ethyl adjacent to an activating group) is 1. The molecule has 4 atom stereocenters. The van der Waals surface area contributed by atoms with Crippen LogP contribution >= 0.6 is 11.3 Å². The second-order valence-electron chi connectivity index (χ2n) is 9.82. The van der Waals surface area contributed by atoms with Crippen molar-refractivity contribution in [1.82, 2.24) is 14.9 Å². The van der Waals surface area contributed by atoms with E-state index in [2.05, 4.69) is 39.2 Å². The summed E-state index contributed by atoms with van der Waals surface area (Å²) in [5, 5.41) is 8.62. The van der Waals surface area contributed by atoms with Crippen molar-refractivity contribution >= 4 is 50.6 Å². The largest absolute Gasteiger partial charge is 0.369 e. The van der Waals surface area contributed by atoms with E-state index in [-0.39, 0.29) is 35.5 Å². The van der Waals surface area contributed by atoms with E-state index in [0.29, 0.717) is 36.2 Å². The van der Waals surface area contributed by atoms with Crippen LogP contribution in [0.2, 0.25) is 0 Å². The van der Waals surface area contributed by atoms with Gasteiger partial charge in [0.15, 0.2) is 0 Å². The zero-order chi connectivity index (χ0) is 25.0. The van der Waals surface area contributed by atoms with Crippen molar-refractivity contribution < 1.29 is 9.18 Å². The first-order chi connectivity index (χ1) is 17.4. The van der Waals surface area contributed by atoms with Gasteiger partial charge in [0.2, 0.25) is 11.9 Å². The Hall–Kier alpha value is -3.50. The number of carbonyl (C=O) groups excluding carboxylic acids is 1. The maximum Gasteiger partial charge on any atom is 0.229 e. The number of allylic oxidation sites excluding steroid dienone is 1. The van der Waals surface area contributed by atoms with Gasteiger partial charge >= 0.3 is 0 Å². The van der Waals surface area contributed by atoms with Crippen LogP contribution in [0.4, 0.5) is 27.5 Å². The van der Waals surface area contributed by atoms with E-state index in [1.54, 1.807) is 6.07 Å². The molecule has 2 unspecified atom stereocenters. The fourth-order valence-electron chi connectivity index (χ4n) is 5.71. The molecule has 6 rings (SSSR count). The molecule has 4 N–H and O–H groups in total. The number of aromatic nitrogens is 2. The van der Waals surface area contributed by atoms with E-state index in [4.69, 9.17) is 10.7 Å². The Bertz CT molecular complexity index is 1390. The standard InChI is InChI=1S/C26H28FN7OS/c1-14-13-33(2)8-9-34(14)20-6-5-17(12-18(20)27)29-26-30-19-7-10-36-23(19)25(32-26)31-22-16-4-3-15(11-16)21(22)24(28)35/h3-7,10,12,15-16,21-22H,1,8-9,11,13H2,2H3,(H2,28,35)(H2,29,30,31,32)/t15?,16?,21-,22+/m0/s1. The van der Waals surface area contributed by atoms with E-state index in [1.165, 1.54) is 17.4 Å². The summed E-state index contributed by atoms with van der Waals surface area (Å²) in [6.45, 7) is 6.35. The highest BCUT2D eigenvalue weighted by Gasteiger charge is 2.47. The van der Waals surface area contributed by atoms with Gasteiger partial charge in [0.1, 0.15) is 11.6 Å². The Morgan fingerprint density at radius 3 is 2.83 bits per heavy atom. The molecule has 0 radical (unpaired) electrons. The minimum absolute atomic E-state index is 0.112. The first-order valence-corrected chi connectivity index (χ1v) is 12.9. The van der Waals surface area contributed by atoms with Crippen LogP contribution in [-0.2, 0) is 4.79 Å². The van der Waals surface area contributed by atoms with Gasteiger partial charge in [-0.1, -0.05) is 18.7 Å². The number of nitrogens with zero attached hydrogens (tertiary/aromatic N) is 4. The van der Waals surface area contributed by atoms with E-state index in [0.717, 1.165) is 28.9 Å². The lowest BCUT2D eigenvalue weighted by Crippen LogP contribution is -2.42. The zero-order valence-electron chi connectivity index (χ0n) is 19.9. The topological polar surface area (TPSA) is 99.4 Å². The highest BCUT2D eigenvalue weighted by Crippen LogP contribution is 2.45. The average molecular weight is 506 g/mol. The number of thiophene rings is 1. The number of hydrogen-bond donors (Lipinski definition) is 3. The molecule has 1 aromatic carbocycles. The number of primary amides is 1. The number of nitrogens with two attached hydrogens (primary N) is 1. The molecule has 2 aromatic heterocycles. The number of halogens is 1. The molecule has 0 spiro atoms.